The van der Waals surface area contributed by atoms with Gasteiger partial charge in [0.2, 0.25) is 0 Å². The Morgan fingerprint density at radius 1 is 1.32 bits per heavy atom. The van der Waals surface area contributed by atoms with Gasteiger partial charge in [-0.15, -0.1) is 0 Å². The van der Waals surface area contributed by atoms with E-state index < -0.39 is 0 Å². The van der Waals surface area contributed by atoms with E-state index in [1.54, 1.807) is 36.3 Å². The Labute approximate surface area is 128 Å². The number of rotatable bonds is 3. The molecule has 0 unspecified atom stereocenters. The molecule has 1 aromatic heterocycles. The van der Waals surface area contributed by atoms with Crippen molar-refractivity contribution < 1.29 is 13.9 Å². The van der Waals surface area contributed by atoms with E-state index in [1.165, 1.54) is 6.07 Å². The third-order valence-corrected chi connectivity index (χ3v) is 4.15. The molecule has 116 valence electrons. The van der Waals surface area contributed by atoms with E-state index in [0.29, 0.717) is 30.0 Å². The molecule has 1 aromatic carbocycles. The number of benzene rings is 1. The number of carbonyl (C=O) groups is 1. The predicted molar refractivity (Wildman–Crippen MR) is 83.0 cm³/mol. The van der Waals surface area contributed by atoms with Crippen molar-refractivity contribution in [1.29, 1.82) is 0 Å². The lowest BCUT2D eigenvalue weighted by Gasteiger charge is -2.31. The van der Waals surface area contributed by atoms with Gasteiger partial charge in [-0.2, -0.15) is 0 Å². The predicted octanol–water partition coefficient (Wildman–Crippen LogP) is 2.29. The van der Waals surface area contributed by atoms with Crippen LogP contribution in [0.3, 0.4) is 0 Å². The number of ether oxygens (including phenoxy) is 1. The van der Waals surface area contributed by atoms with Gasteiger partial charge in [-0.3, -0.25) is 9.59 Å². The highest BCUT2D eigenvalue weighted by atomic mass is 16.5. The van der Waals surface area contributed by atoms with Crippen LogP contribution in [0.25, 0.3) is 11.0 Å². The number of carbonyl (C=O) groups excluding carboxylic acids is 1. The lowest BCUT2D eigenvalue weighted by Crippen LogP contribution is -2.39. The zero-order valence-electron chi connectivity index (χ0n) is 12.6. The number of methoxy groups -OCH3 is 1. The van der Waals surface area contributed by atoms with Crippen LogP contribution in [-0.4, -0.2) is 37.6 Å². The minimum atomic E-state index is -0.210. The van der Waals surface area contributed by atoms with Crippen molar-refractivity contribution in [2.24, 2.45) is 5.92 Å². The summed E-state index contributed by atoms with van der Waals surface area (Å²) in [6, 6.07) is 8.27. The van der Waals surface area contributed by atoms with E-state index in [2.05, 4.69) is 0 Å². The van der Waals surface area contributed by atoms with Crippen LogP contribution in [0.2, 0.25) is 0 Å². The number of hydrogen-bond acceptors (Lipinski definition) is 4. The SMILES string of the molecule is COCC1CCN(C(=O)c2cc(=O)c3ccccc3o2)CC1. The first-order chi connectivity index (χ1) is 10.7. The molecule has 1 aliphatic rings. The average molecular weight is 301 g/mol. The highest BCUT2D eigenvalue weighted by Crippen LogP contribution is 2.20. The van der Waals surface area contributed by atoms with Gasteiger partial charge in [0.1, 0.15) is 5.58 Å². The first kappa shape index (κ1) is 14.8. The lowest BCUT2D eigenvalue weighted by atomic mass is 9.97. The molecule has 1 amide bonds. The fourth-order valence-corrected chi connectivity index (χ4v) is 2.90. The summed E-state index contributed by atoms with van der Waals surface area (Å²) >= 11 is 0. The fraction of sp³-hybridized carbons (Fsp3) is 0.412. The second-order valence-electron chi connectivity index (χ2n) is 5.66. The third kappa shape index (κ3) is 2.90. The largest absolute Gasteiger partial charge is 0.451 e. The van der Waals surface area contributed by atoms with Crippen LogP contribution >= 0.6 is 0 Å². The van der Waals surface area contributed by atoms with E-state index in [9.17, 15) is 9.59 Å². The van der Waals surface area contributed by atoms with Crippen LogP contribution in [-0.2, 0) is 4.74 Å². The molecule has 0 spiro atoms. The molecule has 0 bridgehead atoms. The Morgan fingerprint density at radius 2 is 2.05 bits per heavy atom. The molecule has 0 atom stereocenters. The van der Waals surface area contributed by atoms with E-state index in [-0.39, 0.29) is 17.1 Å². The molecule has 2 heterocycles. The monoisotopic (exact) mass is 301 g/mol. The molecule has 2 aromatic rings. The van der Waals surface area contributed by atoms with Gasteiger partial charge >= 0.3 is 0 Å². The van der Waals surface area contributed by atoms with E-state index >= 15 is 0 Å². The summed E-state index contributed by atoms with van der Waals surface area (Å²) in [5.41, 5.74) is 0.270. The molecule has 0 radical (unpaired) electrons. The summed E-state index contributed by atoms with van der Waals surface area (Å²) in [6.45, 7) is 2.07. The van der Waals surface area contributed by atoms with Gasteiger partial charge in [0, 0.05) is 32.9 Å². The summed E-state index contributed by atoms with van der Waals surface area (Å²) < 4.78 is 10.8. The third-order valence-electron chi connectivity index (χ3n) is 4.15. The molecular weight excluding hydrogens is 282 g/mol. The zero-order valence-corrected chi connectivity index (χ0v) is 12.6. The van der Waals surface area contributed by atoms with Crippen LogP contribution in [0.15, 0.2) is 39.5 Å². The molecule has 0 aliphatic carbocycles. The number of para-hydroxylation sites is 1. The normalized spacial score (nSPS) is 16.1. The maximum atomic E-state index is 12.5. The summed E-state index contributed by atoms with van der Waals surface area (Å²) in [5, 5.41) is 0.498. The smallest absolute Gasteiger partial charge is 0.289 e. The molecule has 5 heteroatoms. The maximum absolute atomic E-state index is 12.5. The van der Waals surface area contributed by atoms with Gasteiger partial charge in [0.15, 0.2) is 11.2 Å². The molecule has 1 saturated heterocycles. The van der Waals surface area contributed by atoms with Crippen molar-refractivity contribution in [1.82, 2.24) is 4.90 Å². The zero-order chi connectivity index (χ0) is 15.5. The number of likely N-dealkylation sites (tertiary alicyclic amines) is 1. The minimum absolute atomic E-state index is 0.119. The Kier molecular flexibility index (Phi) is 4.24. The second kappa shape index (κ2) is 6.32. The highest BCUT2D eigenvalue weighted by molar-refractivity contribution is 5.93. The Hall–Kier alpha value is -2.14. The van der Waals surface area contributed by atoms with Gasteiger partial charge in [-0.05, 0) is 30.9 Å². The molecule has 1 fully saturated rings. The van der Waals surface area contributed by atoms with E-state index in [1.807, 2.05) is 0 Å². The summed E-state index contributed by atoms with van der Waals surface area (Å²) in [7, 11) is 1.70. The van der Waals surface area contributed by atoms with Crippen molar-refractivity contribution in [3.05, 3.63) is 46.3 Å². The maximum Gasteiger partial charge on any atom is 0.289 e. The highest BCUT2D eigenvalue weighted by Gasteiger charge is 2.25. The van der Waals surface area contributed by atoms with Gasteiger partial charge in [0.05, 0.1) is 5.39 Å². The fourth-order valence-electron chi connectivity index (χ4n) is 2.90. The lowest BCUT2D eigenvalue weighted by molar-refractivity contribution is 0.0585. The van der Waals surface area contributed by atoms with Gasteiger partial charge in [-0.1, -0.05) is 12.1 Å². The standard InChI is InChI=1S/C17H19NO4/c1-21-11-12-6-8-18(9-7-12)17(20)16-10-14(19)13-4-2-3-5-15(13)22-16/h2-5,10,12H,6-9,11H2,1H3. The number of fused-ring (bicyclic) bond motifs is 1. The van der Waals surface area contributed by atoms with Gasteiger partial charge in [0.25, 0.3) is 5.91 Å². The van der Waals surface area contributed by atoms with Crippen LogP contribution < -0.4 is 5.43 Å². The van der Waals surface area contributed by atoms with Crippen LogP contribution in [0, 0.1) is 5.92 Å². The van der Waals surface area contributed by atoms with Crippen LogP contribution in [0.4, 0.5) is 0 Å². The van der Waals surface area contributed by atoms with Crippen LogP contribution in [0.1, 0.15) is 23.4 Å². The van der Waals surface area contributed by atoms with Crippen molar-refractivity contribution in [2.45, 2.75) is 12.8 Å². The van der Waals surface area contributed by atoms with Crippen molar-refractivity contribution in [3.63, 3.8) is 0 Å². The summed E-state index contributed by atoms with van der Waals surface area (Å²) in [4.78, 5) is 26.3. The summed E-state index contributed by atoms with van der Waals surface area (Å²) in [6.07, 6.45) is 1.83. The Balaban J connectivity index is 1.80. The Morgan fingerprint density at radius 3 is 2.77 bits per heavy atom. The van der Waals surface area contributed by atoms with Crippen LogP contribution in [0.5, 0.6) is 0 Å². The first-order valence-corrected chi connectivity index (χ1v) is 7.50. The quantitative estimate of drug-likeness (QED) is 0.872. The molecule has 3 rings (SSSR count). The van der Waals surface area contributed by atoms with Crippen molar-refractivity contribution in [2.75, 3.05) is 26.8 Å². The van der Waals surface area contributed by atoms with Gasteiger partial charge in [-0.25, -0.2) is 0 Å². The molecular formula is C17H19NO4. The van der Waals surface area contributed by atoms with E-state index in [0.717, 1.165) is 19.4 Å². The number of nitrogens with zero attached hydrogens (tertiary/aromatic N) is 1. The van der Waals surface area contributed by atoms with E-state index in [4.69, 9.17) is 9.15 Å². The Bertz CT molecular complexity index is 729. The molecule has 22 heavy (non-hydrogen) atoms. The second-order valence-corrected chi connectivity index (χ2v) is 5.66. The number of amides is 1. The molecule has 0 saturated carbocycles. The summed E-state index contributed by atoms with van der Waals surface area (Å²) in [5.74, 6) is 0.408. The first-order valence-electron chi connectivity index (χ1n) is 7.50. The number of hydrogen-bond donors (Lipinski definition) is 0. The average Bonchev–Trinajstić information content (AvgIpc) is 2.55. The van der Waals surface area contributed by atoms with Crippen molar-refractivity contribution >= 4 is 16.9 Å². The topological polar surface area (TPSA) is 59.8 Å². The minimum Gasteiger partial charge on any atom is -0.451 e. The molecule has 1 aliphatic heterocycles. The molecule has 0 N–H and O–H groups in total. The van der Waals surface area contributed by atoms with Gasteiger partial charge < -0.3 is 14.1 Å². The van der Waals surface area contributed by atoms with Crippen molar-refractivity contribution in [3.8, 4) is 0 Å². The molecule has 5 nitrogen and oxygen atoms in total. The number of piperidine rings is 1.